The topological polar surface area (TPSA) is 86.9 Å². The number of morpholine rings is 1. The van der Waals surface area contributed by atoms with Gasteiger partial charge in [0.05, 0.1) is 18.9 Å². The molecule has 1 aliphatic rings. The lowest BCUT2D eigenvalue weighted by Gasteiger charge is -2.32. The SMILES string of the molecule is CCC1CN(c2nc3[nH]ncc3c(=O)[nH]2)CCO1. The zero-order valence-electron chi connectivity index (χ0n) is 10.1. The normalized spacial score (nSPS) is 20.5. The van der Waals surface area contributed by atoms with Crippen LogP contribution in [0.4, 0.5) is 5.95 Å². The van der Waals surface area contributed by atoms with E-state index in [1.54, 1.807) is 0 Å². The molecule has 1 saturated heterocycles. The number of aromatic amines is 2. The molecule has 0 amide bonds. The molecule has 96 valence electrons. The van der Waals surface area contributed by atoms with Crippen LogP contribution < -0.4 is 10.5 Å². The molecule has 0 aliphatic carbocycles. The molecule has 7 nitrogen and oxygen atoms in total. The van der Waals surface area contributed by atoms with Gasteiger partial charge in [0.1, 0.15) is 5.39 Å². The van der Waals surface area contributed by atoms with E-state index in [4.69, 9.17) is 4.74 Å². The fraction of sp³-hybridized carbons (Fsp3) is 0.545. The maximum absolute atomic E-state index is 11.8. The highest BCUT2D eigenvalue weighted by molar-refractivity contribution is 5.73. The summed E-state index contributed by atoms with van der Waals surface area (Å²) in [5.41, 5.74) is 0.358. The molecule has 0 saturated carbocycles. The average molecular weight is 249 g/mol. The average Bonchev–Trinajstić information content (AvgIpc) is 2.87. The largest absolute Gasteiger partial charge is 0.375 e. The first-order valence-electron chi connectivity index (χ1n) is 6.08. The molecule has 0 radical (unpaired) electrons. The summed E-state index contributed by atoms with van der Waals surface area (Å²) >= 11 is 0. The van der Waals surface area contributed by atoms with E-state index in [0.717, 1.165) is 19.5 Å². The molecule has 0 aromatic carbocycles. The lowest BCUT2D eigenvalue weighted by atomic mass is 10.2. The van der Waals surface area contributed by atoms with Crippen LogP contribution in [0.1, 0.15) is 13.3 Å². The fourth-order valence-corrected chi connectivity index (χ4v) is 2.14. The van der Waals surface area contributed by atoms with Gasteiger partial charge in [0, 0.05) is 13.1 Å². The van der Waals surface area contributed by atoms with E-state index >= 15 is 0 Å². The lowest BCUT2D eigenvalue weighted by molar-refractivity contribution is 0.0379. The van der Waals surface area contributed by atoms with Crippen molar-refractivity contribution in [3.05, 3.63) is 16.6 Å². The third kappa shape index (κ3) is 1.86. The minimum Gasteiger partial charge on any atom is -0.375 e. The Morgan fingerprint density at radius 3 is 3.33 bits per heavy atom. The molecule has 1 fully saturated rings. The Morgan fingerprint density at radius 1 is 1.61 bits per heavy atom. The van der Waals surface area contributed by atoms with Crippen LogP contribution in [0.2, 0.25) is 0 Å². The number of hydrogen-bond donors (Lipinski definition) is 2. The predicted molar refractivity (Wildman–Crippen MR) is 66.8 cm³/mol. The summed E-state index contributed by atoms with van der Waals surface area (Å²) in [4.78, 5) is 21.1. The smallest absolute Gasteiger partial charge is 0.263 e. The summed E-state index contributed by atoms with van der Waals surface area (Å²) in [6.45, 7) is 4.23. The number of rotatable bonds is 2. The Bertz CT molecular complexity index is 605. The molecule has 1 atom stereocenters. The number of anilines is 1. The quantitative estimate of drug-likeness (QED) is 0.797. The van der Waals surface area contributed by atoms with Gasteiger partial charge < -0.3 is 9.64 Å². The number of nitrogens with zero attached hydrogens (tertiary/aromatic N) is 3. The molecule has 18 heavy (non-hydrogen) atoms. The summed E-state index contributed by atoms with van der Waals surface area (Å²) in [5, 5.41) is 7.04. The zero-order valence-corrected chi connectivity index (χ0v) is 10.1. The summed E-state index contributed by atoms with van der Waals surface area (Å²) < 4.78 is 5.60. The van der Waals surface area contributed by atoms with Gasteiger partial charge in [-0.15, -0.1) is 0 Å². The van der Waals surface area contributed by atoms with Gasteiger partial charge in [0.25, 0.3) is 5.56 Å². The highest BCUT2D eigenvalue weighted by Crippen LogP contribution is 2.14. The van der Waals surface area contributed by atoms with E-state index in [2.05, 4.69) is 27.1 Å². The van der Waals surface area contributed by atoms with Crippen LogP contribution in [0.5, 0.6) is 0 Å². The second-order valence-electron chi connectivity index (χ2n) is 4.37. The number of nitrogens with one attached hydrogen (secondary N) is 2. The summed E-state index contributed by atoms with van der Waals surface area (Å²) in [7, 11) is 0. The highest BCUT2D eigenvalue weighted by atomic mass is 16.5. The Labute approximate surface area is 103 Å². The molecule has 3 heterocycles. The molecular formula is C11H15N5O2. The second-order valence-corrected chi connectivity index (χ2v) is 4.37. The number of hydrogen-bond acceptors (Lipinski definition) is 5. The molecule has 1 unspecified atom stereocenters. The highest BCUT2D eigenvalue weighted by Gasteiger charge is 2.21. The van der Waals surface area contributed by atoms with E-state index in [1.165, 1.54) is 6.20 Å². The van der Waals surface area contributed by atoms with Crippen LogP contribution in [-0.4, -0.2) is 46.0 Å². The monoisotopic (exact) mass is 249 g/mol. The lowest BCUT2D eigenvalue weighted by Crippen LogP contribution is -2.43. The number of aromatic nitrogens is 4. The van der Waals surface area contributed by atoms with Crippen LogP contribution >= 0.6 is 0 Å². The van der Waals surface area contributed by atoms with Crippen molar-refractivity contribution in [3.8, 4) is 0 Å². The van der Waals surface area contributed by atoms with Crippen molar-refractivity contribution in [1.82, 2.24) is 20.2 Å². The molecule has 0 spiro atoms. The minimum absolute atomic E-state index is 0.164. The minimum atomic E-state index is -0.164. The van der Waals surface area contributed by atoms with Crippen LogP contribution in [-0.2, 0) is 4.74 Å². The van der Waals surface area contributed by atoms with Gasteiger partial charge in [-0.25, -0.2) is 0 Å². The predicted octanol–water partition coefficient (Wildman–Crippen LogP) is 0.261. The van der Waals surface area contributed by atoms with Crippen LogP contribution in [0, 0.1) is 0 Å². The van der Waals surface area contributed by atoms with Crippen molar-refractivity contribution < 1.29 is 4.74 Å². The van der Waals surface area contributed by atoms with E-state index in [-0.39, 0.29) is 11.7 Å². The molecule has 3 rings (SSSR count). The van der Waals surface area contributed by atoms with E-state index in [9.17, 15) is 4.79 Å². The Morgan fingerprint density at radius 2 is 2.50 bits per heavy atom. The first-order chi connectivity index (χ1) is 8.78. The van der Waals surface area contributed by atoms with Crippen LogP contribution in [0.3, 0.4) is 0 Å². The van der Waals surface area contributed by atoms with E-state index < -0.39 is 0 Å². The maximum atomic E-state index is 11.8. The summed E-state index contributed by atoms with van der Waals surface area (Å²) in [5.74, 6) is 0.582. The van der Waals surface area contributed by atoms with Crippen LogP contribution in [0.15, 0.2) is 11.0 Å². The van der Waals surface area contributed by atoms with E-state index in [1.807, 2.05) is 4.90 Å². The number of fused-ring (bicyclic) bond motifs is 1. The first kappa shape index (κ1) is 11.2. The molecule has 1 aliphatic heterocycles. The molecular weight excluding hydrogens is 234 g/mol. The van der Waals surface area contributed by atoms with Crippen molar-refractivity contribution in [2.24, 2.45) is 0 Å². The molecule has 2 N–H and O–H groups in total. The second kappa shape index (κ2) is 4.41. The number of H-pyrrole nitrogens is 2. The van der Waals surface area contributed by atoms with Gasteiger partial charge in [-0.05, 0) is 6.42 Å². The van der Waals surface area contributed by atoms with Crippen molar-refractivity contribution in [2.75, 3.05) is 24.6 Å². The number of ether oxygens (including phenoxy) is 1. The molecule has 7 heteroatoms. The van der Waals surface area contributed by atoms with Gasteiger partial charge in [-0.1, -0.05) is 6.92 Å². The zero-order chi connectivity index (χ0) is 12.5. The van der Waals surface area contributed by atoms with Gasteiger partial charge in [0.15, 0.2) is 5.65 Å². The van der Waals surface area contributed by atoms with Crippen molar-refractivity contribution >= 4 is 17.0 Å². The molecule has 2 aromatic heterocycles. The van der Waals surface area contributed by atoms with Crippen molar-refractivity contribution in [2.45, 2.75) is 19.4 Å². The van der Waals surface area contributed by atoms with Gasteiger partial charge in [0.2, 0.25) is 5.95 Å². The fourth-order valence-electron chi connectivity index (χ4n) is 2.14. The summed E-state index contributed by atoms with van der Waals surface area (Å²) in [6.07, 6.45) is 2.63. The molecule has 2 aromatic rings. The van der Waals surface area contributed by atoms with E-state index in [0.29, 0.717) is 23.6 Å². The van der Waals surface area contributed by atoms with Crippen molar-refractivity contribution in [3.63, 3.8) is 0 Å². The Hall–Kier alpha value is -1.89. The van der Waals surface area contributed by atoms with Gasteiger partial charge >= 0.3 is 0 Å². The summed E-state index contributed by atoms with van der Waals surface area (Å²) in [6, 6.07) is 0. The van der Waals surface area contributed by atoms with Crippen molar-refractivity contribution in [1.29, 1.82) is 0 Å². The third-order valence-corrected chi connectivity index (χ3v) is 3.20. The van der Waals surface area contributed by atoms with Crippen LogP contribution in [0.25, 0.3) is 11.0 Å². The third-order valence-electron chi connectivity index (χ3n) is 3.20. The molecule has 0 bridgehead atoms. The maximum Gasteiger partial charge on any atom is 0.263 e. The van der Waals surface area contributed by atoms with Gasteiger partial charge in [-0.3, -0.25) is 14.9 Å². The first-order valence-corrected chi connectivity index (χ1v) is 6.08. The Balaban J connectivity index is 1.96. The Kier molecular flexibility index (Phi) is 2.75. The van der Waals surface area contributed by atoms with Gasteiger partial charge in [-0.2, -0.15) is 10.1 Å². The standard InChI is InChI=1S/C11H15N5O2/c1-2-7-6-16(3-4-18-7)11-13-9-8(5-12-15-9)10(17)14-11/h5,7H,2-4,6H2,1H3,(H2,12,13,14,15,17).